The maximum atomic E-state index is 6.38. The van der Waals surface area contributed by atoms with E-state index < -0.39 is 0 Å². The Morgan fingerprint density at radius 2 is 1.47 bits per heavy atom. The Hall–Kier alpha value is -0.0800. The molecule has 102 valence electrons. The Balaban J connectivity index is 2.72. The summed E-state index contributed by atoms with van der Waals surface area (Å²) in [6.07, 6.45) is 8.00. The lowest BCUT2D eigenvalue weighted by molar-refractivity contribution is 0.0689. The largest absolute Gasteiger partial charge is 0.326 e. The van der Waals surface area contributed by atoms with E-state index in [-0.39, 0.29) is 5.41 Å². The average molecular weight is 240 g/mol. The Morgan fingerprint density at radius 1 is 1.00 bits per heavy atom. The molecule has 2 N–H and O–H groups in total. The second-order valence-corrected chi connectivity index (χ2v) is 6.69. The van der Waals surface area contributed by atoms with Gasteiger partial charge in [0, 0.05) is 12.1 Å². The molecule has 0 spiro atoms. The van der Waals surface area contributed by atoms with Crippen molar-refractivity contribution in [3.63, 3.8) is 0 Å². The van der Waals surface area contributed by atoms with Gasteiger partial charge < -0.3 is 5.73 Å². The highest BCUT2D eigenvalue weighted by Crippen LogP contribution is 2.29. The third kappa shape index (κ3) is 4.59. The van der Waals surface area contributed by atoms with Gasteiger partial charge in [0.05, 0.1) is 0 Å². The van der Waals surface area contributed by atoms with Crippen molar-refractivity contribution < 1.29 is 0 Å². The predicted molar refractivity (Wildman–Crippen MR) is 76.2 cm³/mol. The molecule has 1 fully saturated rings. The van der Waals surface area contributed by atoms with Gasteiger partial charge in [-0.05, 0) is 37.8 Å². The van der Waals surface area contributed by atoms with Crippen molar-refractivity contribution in [1.29, 1.82) is 0 Å². The summed E-state index contributed by atoms with van der Waals surface area (Å²) in [4.78, 5) is 2.67. The minimum absolute atomic E-state index is 0.286. The van der Waals surface area contributed by atoms with Crippen LogP contribution in [0.4, 0.5) is 0 Å². The molecule has 0 bridgehead atoms. The number of nitrogens with zero attached hydrogens (tertiary/aromatic N) is 1. The normalized spacial score (nSPS) is 23.8. The van der Waals surface area contributed by atoms with Crippen LogP contribution in [0.25, 0.3) is 0 Å². The zero-order valence-corrected chi connectivity index (χ0v) is 12.3. The Kier molecular flexibility index (Phi) is 5.94. The van der Waals surface area contributed by atoms with Crippen LogP contribution in [0, 0.1) is 5.41 Å². The summed E-state index contributed by atoms with van der Waals surface area (Å²) in [5.41, 5.74) is 6.67. The molecule has 1 rings (SSSR count). The van der Waals surface area contributed by atoms with E-state index in [0.29, 0.717) is 12.1 Å². The summed E-state index contributed by atoms with van der Waals surface area (Å²) in [6.45, 7) is 11.7. The molecule has 1 heterocycles. The molecule has 2 heteroatoms. The summed E-state index contributed by atoms with van der Waals surface area (Å²) >= 11 is 0. The molecule has 0 aromatic heterocycles. The lowest BCUT2D eigenvalue weighted by Gasteiger charge is -2.44. The molecule has 1 aliphatic rings. The fourth-order valence-corrected chi connectivity index (χ4v) is 3.23. The third-order valence-electron chi connectivity index (χ3n) is 4.05. The molecule has 0 amide bonds. The van der Waals surface area contributed by atoms with E-state index in [9.17, 15) is 0 Å². The minimum atomic E-state index is 0.286. The van der Waals surface area contributed by atoms with Crippen LogP contribution in [0.15, 0.2) is 0 Å². The van der Waals surface area contributed by atoms with Crippen LogP contribution in [-0.4, -0.2) is 30.1 Å². The molecule has 0 aliphatic carbocycles. The first-order valence-electron chi connectivity index (χ1n) is 7.46. The summed E-state index contributed by atoms with van der Waals surface area (Å²) in [7, 11) is 0. The van der Waals surface area contributed by atoms with Crippen molar-refractivity contribution in [2.45, 2.75) is 78.3 Å². The van der Waals surface area contributed by atoms with E-state index in [1.165, 1.54) is 45.2 Å². The van der Waals surface area contributed by atoms with Gasteiger partial charge in [-0.2, -0.15) is 0 Å². The van der Waals surface area contributed by atoms with Crippen molar-refractivity contribution in [3.05, 3.63) is 0 Å². The monoisotopic (exact) mass is 240 g/mol. The summed E-state index contributed by atoms with van der Waals surface area (Å²) in [5.74, 6) is 0. The van der Waals surface area contributed by atoms with Gasteiger partial charge in [0.2, 0.25) is 0 Å². The van der Waals surface area contributed by atoms with Crippen LogP contribution in [0.1, 0.15) is 66.2 Å². The van der Waals surface area contributed by atoms with Gasteiger partial charge in [-0.1, -0.05) is 47.0 Å². The van der Waals surface area contributed by atoms with Crippen LogP contribution < -0.4 is 5.73 Å². The zero-order valence-electron chi connectivity index (χ0n) is 12.3. The van der Waals surface area contributed by atoms with Crippen LogP contribution in [0.2, 0.25) is 0 Å². The molecular formula is C15H32N2. The number of hydrogen-bond donors (Lipinski definition) is 1. The van der Waals surface area contributed by atoms with E-state index in [1.54, 1.807) is 0 Å². The number of hydrogen-bond acceptors (Lipinski definition) is 2. The number of nitrogens with two attached hydrogens (primary N) is 1. The third-order valence-corrected chi connectivity index (χ3v) is 4.05. The summed E-state index contributed by atoms with van der Waals surface area (Å²) < 4.78 is 0. The van der Waals surface area contributed by atoms with Crippen LogP contribution >= 0.6 is 0 Å². The van der Waals surface area contributed by atoms with E-state index in [1.807, 2.05) is 0 Å². The molecular weight excluding hydrogens is 208 g/mol. The van der Waals surface area contributed by atoms with Gasteiger partial charge in [-0.3, -0.25) is 4.90 Å². The zero-order chi connectivity index (χ0) is 12.9. The molecule has 0 aromatic rings. The van der Waals surface area contributed by atoms with Crippen LogP contribution in [-0.2, 0) is 0 Å². The molecule has 2 atom stereocenters. The Bertz CT molecular complexity index is 199. The lowest BCUT2D eigenvalue weighted by atomic mass is 9.80. The first-order valence-corrected chi connectivity index (χ1v) is 7.46. The predicted octanol–water partition coefficient (Wildman–Crippen LogP) is 3.40. The quantitative estimate of drug-likeness (QED) is 0.819. The van der Waals surface area contributed by atoms with E-state index in [0.717, 1.165) is 6.42 Å². The Labute approximate surface area is 108 Å². The minimum Gasteiger partial charge on any atom is -0.326 e. The molecule has 0 saturated carbocycles. The topological polar surface area (TPSA) is 29.3 Å². The average Bonchev–Trinajstić information content (AvgIpc) is 2.19. The summed E-state index contributed by atoms with van der Waals surface area (Å²) in [5, 5.41) is 0. The SMILES string of the molecule is CCC(N)C(N1CCCCCCC1)C(C)(C)C. The lowest BCUT2D eigenvalue weighted by Crippen LogP contribution is -2.55. The highest BCUT2D eigenvalue weighted by atomic mass is 15.2. The van der Waals surface area contributed by atoms with E-state index >= 15 is 0 Å². The molecule has 2 unspecified atom stereocenters. The molecule has 0 radical (unpaired) electrons. The molecule has 1 saturated heterocycles. The first kappa shape index (κ1) is 15.0. The highest BCUT2D eigenvalue weighted by molar-refractivity contribution is 4.91. The Morgan fingerprint density at radius 3 is 1.88 bits per heavy atom. The standard InChI is InChI=1S/C15H32N2/c1-5-13(16)14(15(2,3)4)17-11-9-7-6-8-10-12-17/h13-14H,5-12,16H2,1-4H3. The summed E-state index contributed by atoms with van der Waals surface area (Å²) in [6, 6.07) is 0.847. The van der Waals surface area contributed by atoms with Gasteiger partial charge in [0.15, 0.2) is 0 Å². The van der Waals surface area contributed by atoms with Gasteiger partial charge in [0.25, 0.3) is 0 Å². The van der Waals surface area contributed by atoms with Crippen molar-refractivity contribution in [3.8, 4) is 0 Å². The van der Waals surface area contributed by atoms with Crippen molar-refractivity contribution in [2.75, 3.05) is 13.1 Å². The smallest absolute Gasteiger partial charge is 0.0295 e. The maximum absolute atomic E-state index is 6.38. The fraction of sp³-hybridized carbons (Fsp3) is 1.00. The second kappa shape index (κ2) is 6.75. The van der Waals surface area contributed by atoms with Crippen molar-refractivity contribution in [2.24, 2.45) is 11.1 Å². The number of rotatable bonds is 3. The van der Waals surface area contributed by atoms with E-state index in [4.69, 9.17) is 5.73 Å². The van der Waals surface area contributed by atoms with Gasteiger partial charge in [0.1, 0.15) is 0 Å². The van der Waals surface area contributed by atoms with Crippen molar-refractivity contribution in [1.82, 2.24) is 4.90 Å². The van der Waals surface area contributed by atoms with Gasteiger partial charge in [-0.25, -0.2) is 0 Å². The molecule has 17 heavy (non-hydrogen) atoms. The molecule has 2 nitrogen and oxygen atoms in total. The van der Waals surface area contributed by atoms with E-state index in [2.05, 4.69) is 32.6 Å². The van der Waals surface area contributed by atoms with Gasteiger partial charge in [-0.15, -0.1) is 0 Å². The fourth-order valence-electron chi connectivity index (χ4n) is 3.23. The van der Waals surface area contributed by atoms with Crippen LogP contribution in [0.5, 0.6) is 0 Å². The second-order valence-electron chi connectivity index (χ2n) is 6.69. The number of likely N-dealkylation sites (tertiary alicyclic amines) is 1. The highest BCUT2D eigenvalue weighted by Gasteiger charge is 2.34. The molecule has 0 aromatic carbocycles. The van der Waals surface area contributed by atoms with Gasteiger partial charge >= 0.3 is 0 Å². The maximum Gasteiger partial charge on any atom is 0.0295 e. The van der Waals surface area contributed by atoms with Crippen LogP contribution in [0.3, 0.4) is 0 Å². The molecule has 1 aliphatic heterocycles. The first-order chi connectivity index (χ1) is 7.96. The van der Waals surface area contributed by atoms with Crippen molar-refractivity contribution >= 4 is 0 Å².